The Labute approximate surface area is 187 Å². The second-order valence-corrected chi connectivity index (χ2v) is 7.46. The van der Waals surface area contributed by atoms with E-state index in [-0.39, 0.29) is 61.1 Å². The molecule has 10 nitrogen and oxygen atoms in total. The number of hydrogen-bond donors (Lipinski definition) is 2. The van der Waals surface area contributed by atoms with Crippen molar-refractivity contribution in [3.63, 3.8) is 0 Å². The third-order valence-electron chi connectivity index (χ3n) is 5.09. The molecule has 33 heavy (non-hydrogen) atoms. The van der Waals surface area contributed by atoms with E-state index in [2.05, 4.69) is 20.7 Å². The van der Waals surface area contributed by atoms with Gasteiger partial charge >= 0.3 is 0 Å². The quantitative estimate of drug-likeness (QED) is 0.546. The first-order chi connectivity index (χ1) is 15.9. The lowest BCUT2D eigenvalue weighted by Gasteiger charge is -2.17. The Hall–Kier alpha value is -4.15. The van der Waals surface area contributed by atoms with Crippen molar-refractivity contribution in [2.75, 3.05) is 13.2 Å². The van der Waals surface area contributed by atoms with Crippen molar-refractivity contribution in [2.24, 2.45) is 0 Å². The second kappa shape index (κ2) is 9.15. The number of ether oxygens (including phenoxy) is 1. The van der Waals surface area contributed by atoms with Gasteiger partial charge in [-0.2, -0.15) is 5.10 Å². The molecule has 0 unspecified atom stereocenters. The standard InChI is InChI=1S/C22H20FN5O5/c1-2-14(29)9-25-22(32)18-7-17(27-20-16(23)10-26-28(18)20)21(31)24-8-12-3-4-19-13(5-12)6-15(30)11-33-19/h3-5,7,10H,2,6,8-9,11H2,1H3,(H,24,31)(H,25,32). The number of carbonyl (C=O) groups is 4. The SMILES string of the molecule is CCC(=O)CNC(=O)c1cc(C(=O)NCc2ccc3c(c2)CC(=O)CO3)nc2c(F)cnn12. The summed E-state index contributed by atoms with van der Waals surface area (Å²) in [6, 6.07) is 6.44. The highest BCUT2D eigenvalue weighted by Crippen LogP contribution is 2.24. The maximum absolute atomic E-state index is 14.1. The van der Waals surface area contributed by atoms with Gasteiger partial charge in [0.05, 0.1) is 12.7 Å². The third kappa shape index (κ3) is 4.71. The van der Waals surface area contributed by atoms with Crippen LogP contribution in [0.5, 0.6) is 5.75 Å². The molecule has 0 saturated heterocycles. The fourth-order valence-corrected chi connectivity index (χ4v) is 3.32. The molecule has 0 atom stereocenters. The average molecular weight is 453 g/mol. The maximum Gasteiger partial charge on any atom is 0.270 e. The van der Waals surface area contributed by atoms with Crippen LogP contribution in [0.1, 0.15) is 45.4 Å². The lowest BCUT2D eigenvalue weighted by molar-refractivity contribution is -0.121. The minimum atomic E-state index is -0.803. The zero-order valence-electron chi connectivity index (χ0n) is 17.7. The smallest absolute Gasteiger partial charge is 0.270 e. The Morgan fingerprint density at radius 2 is 2.00 bits per heavy atom. The van der Waals surface area contributed by atoms with E-state index < -0.39 is 17.6 Å². The number of halogens is 1. The zero-order chi connectivity index (χ0) is 23.5. The Morgan fingerprint density at radius 3 is 2.79 bits per heavy atom. The topological polar surface area (TPSA) is 132 Å². The number of rotatable bonds is 7. The largest absolute Gasteiger partial charge is 0.486 e. The number of ketones is 2. The molecule has 4 rings (SSSR count). The van der Waals surface area contributed by atoms with Crippen molar-refractivity contribution < 1.29 is 28.3 Å². The number of nitrogens with one attached hydrogen (secondary N) is 2. The van der Waals surface area contributed by atoms with E-state index in [0.717, 1.165) is 21.8 Å². The van der Waals surface area contributed by atoms with Gasteiger partial charge < -0.3 is 15.4 Å². The summed E-state index contributed by atoms with van der Waals surface area (Å²) in [6.07, 6.45) is 1.39. The number of Topliss-reactive ketones (excluding diaryl/α,β-unsaturated/α-hetero) is 2. The van der Waals surface area contributed by atoms with Crippen molar-refractivity contribution in [1.29, 1.82) is 0 Å². The summed E-state index contributed by atoms with van der Waals surface area (Å²) < 4.78 is 20.5. The summed E-state index contributed by atoms with van der Waals surface area (Å²) in [5.74, 6) is -1.72. The predicted octanol–water partition coefficient (Wildman–Crippen LogP) is 1.01. The van der Waals surface area contributed by atoms with E-state index in [4.69, 9.17) is 4.74 Å². The van der Waals surface area contributed by atoms with Crippen LogP contribution in [0.15, 0.2) is 30.5 Å². The van der Waals surface area contributed by atoms with Crippen LogP contribution in [-0.2, 0) is 22.6 Å². The molecular weight excluding hydrogens is 433 g/mol. The lowest BCUT2D eigenvalue weighted by atomic mass is 10.0. The molecular formula is C22H20FN5O5. The molecule has 0 saturated carbocycles. The van der Waals surface area contributed by atoms with Gasteiger partial charge in [-0.1, -0.05) is 13.0 Å². The summed E-state index contributed by atoms with van der Waals surface area (Å²) in [5, 5.41) is 8.90. The van der Waals surface area contributed by atoms with Crippen LogP contribution in [0.2, 0.25) is 0 Å². The number of carbonyl (C=O) groups excluding carboxylic acids is 4. The van der Waals surface area contributed by atoms with Gasteiger partial charge in [0, 0.05) is 31.0 Å². The molecule has 2 N–H and O–H groups in total. The molecule has 11 heteroatoms. The average Bonchev–Trinajstić information content (AvgIpc) is 3.20. The van der Waals surface area contributed by atoms with E-state index in [9.17, 15) is 23.6 Å². The van der Waals surface area contributed by atoms with Crippen molar-refractivity contribution in [2.45, 2.75) is 26.3 Å². The Morgan fingerprint density at radius 1 is 1.18 bits per heavy atom. The number of hydrogen-bond acceptors (Lipinski definition) is 7. The summed E-state index contributed by atoms with van der Waals surface area (Å²) >= 11 is 0. The first-order valence-electron chi connectivity index (χ1n) is 10.2. The first-order valence-corrected chi connectivity index (χ1v) is 10.2. The molecule has 1 aliphatic heterocycles. The number of fused-ring (bicyclic) bond motifs is 2. The number of nitrogens with zero attached hydrogens (tertiary/aromatic N) is 3. The highest BCUT2D eigenvalue weighted by molar-refractivity contribution is 5.99. The molecule has 0 spiro atoms. The van der Waals surface area contributed by atoms with Gasteiger partial charge in [-0.25, -0.2) is 13.9 Å². The molecule has 0 radical (unpaired) electrons. The van der Waals surface area contributed by atoms with Gasteiger partial charge in [0.2, 0.25) is 0 Å². The van der Waals surface area contributed by atoms with Gasteiger partial charge in [0.1, 0.15) is 23.7 Å². The van der Waals surface area contributed by atoms with Gasteiger partial charge in [-0.3, -0.25) is 19.2 Å². The molecule has 0 fully saturated rings. The molecule has 2 aromatic heterocycles. The number of aromatic nitrogens is 3. The van der Waals surface area contributed by atoms with Gasteiger partial charge in [-0.15, -0.1) is 0 Å². The maximum atomic E-state index is 14.1. The molecule has 3 heterocycles. The fraction of sp³-hybridized carbons (Fsp3) is 0.273. The van der Waals surface area contributed by atoms with Crippen LogP contribution in [0, 0.1) is 5.82 Å². The fourth-order valence-electron chi connectivity index (χ4n) is 3.32. The zero-order valence-corrected chi connectivity index (χ0v) is 17.7. The van der Waals surface area contributed by atoms with Crippen molar-refractivity contribution in [3.8, 4) is 5.75 Å². The highest BCUT2D eigenvalue weighted by Gasteiger charge is 2.21. The van der Waals surface area contributed by atoms with Gasteiger partial charge in [-0.05, 0) is 17.7 Å². The molecule has 0 bridgehead atoms. The predicted molar refractivity (Wildman–Crippen MR) is 112 cm³/mol. The van der Waals surface area contributed by atoms with Crippen molar-refractivity contribution >= 4 is 29.0 Å². The molecule has 1 aliphatic rings. The summed E-state index contributed by atoms with van der Waals surface area (Å²) in [4.78, 5) is 52.4. The Bertz CT molecular complexity index is 1290. The van der Waals surface area contributed by atoms with Crippen LogP contribution < -0.4 is 15.4 Å². The van der Waals surface area contributed by atoms with Gasteiger partial charge in [0.15, 0.2) is 23.0 Å². The minimum absolute atomic E-state index is 0.0320. The molecule has 2 amide bonds. The van der Waals surface area contributed by atoms with E-state index in [0.29, 0.717) is 5.75 Å². The highest BCUT2D eigenvalue weighted by atomic mass is 19.1. The number of benzene rings is 1. The number of amides is 2. The van der Waals surface area contributed by atoms with Crippen LogP contribution in [0.3, 0.4) is 0 Å². The van der Waals surface area contributed by atoms with Crippen LogP contribution >= 0.6 is 0 Å². The van der Waals surface area contributed by atoms with Crippen LogP contribution in [-0.4, -0.2) is 51.1 Å². The summed E-state index contributed by atoms with van der Waals surface area (Å²) in [7, 11) is 0. The minimum Gasteiger partial charge on any atom is -0.486 e. The lowest BCUT2D eigenvalue weighted by Crippen LogP contribution is -2.32. The third-order valence-corrected chi connectivity index (χ3v) is 5.09. The van der Waals surface area contributed by atoms with E-state index >= 15 is 0 Å². The Kier molecular flexibility index (Phi) is 6.11. The molecule has 1 aromatic carbocycles. The molecule has 0 aliphatic carbocycles. The second-order valence-electron chi connectivity index (χ2n) is 7.46. The van der Waals surface area contributed by atoms with E-state index in [1.807, 2.05) is 0 Å². The van der Waals surface area contributed by atoms with Crippen LogP contribution in [0.4, 0.5) is 4.39 Å². The normalized spacial score (nSPS) is 12.7. The van der Waals surface area contributed by atoms with Crippen molar-refractivity contribution in [3.05, 3.63) is 58.8 Å². The van der Waals surface area contributed by atoms with Crippen molar-refractivity contribution in [1.82, 2.24) is 25.2 Å². The molecule has 170 valence electrons. The summed E-state index contributed by atoms with van der Waals surface area (Å²) in [5.41, 5.74) is 0.847. The molecule has 3 aromatic rings. The van der Waals surface area contributed by atoms with E-state index in [1.54, 1.807) is 25.1 Å². The van der Waals surface area contributed by atoms with Crippen LogP contribution in [0.25, 0.3) is 5.65 Å². The first kappa shape index (κ1) is 22.1. The Balaban J connectivity index is 1.54. The van der Waals surface area contributed by atoms with E-state index in [1.165, 1.54) is 6.07 Å². The summed E-state index contributed by atoms with van der Waals surface area (Å²) in [6.45, 7) is 1.62. The van der Waals surface area contributed by atoms with Gasteiger partial charge in [0.25, 0.3) is 11.8 Å². The monoisotopic (exact) mass is 453 g/mol.